The fourth-order valence-electron chi connectivity index (χ4n) is 3.14. The molecule has 2 rings (SSSR count). The maximum Gasteiger partial charge on any atom is 0.342 e. The standard InChI is InChI=1S/C15H21NO6/c1-7(17)9-10(18)15(13(20)21-6)8(2)22-12(14(3,4)5)16(15)11(9)19/h8,12,18H,1-6H3/t8-,12-,15-/m1/s1. The number of Topliss-reactive ketones (excluding diaryl/α,β-unsaturated/α-hetero) is 1. The molecule has 2 aliphatic heterocycles. The van der Waals surface area contributed by atoms with E-state index in [0.717, 1.165) is 12.0 Å². The van der Waals surface area contributed by atoms with Crippen molar-refractivity contribution in [2.45, 2.75) is 52.5 Å². The van der Waals surface area contributed by atoms with Crippen LogP contribution < -0.4 is 0 Å². The molecule has 2 heterocycles. The third-order valence-corrected chi connectivity index (χ3v) is 4.16. The molecule has 0 aliphatic carbocycles. The molecule has 3 atom stereocenters. The fraction of sp³-hybridized carbons (Fsp3) is 0.667. The second-order valence-electron chi connectivity index (χ2n) is 6.71. The number of rotatable bonds is 2. The SMILES string of the molecule is COC(=O)[C@@]12C(O)=C(C(C)=O)C(=O)N1[C@@H](C(C)(C)C)O[C@@H]2C. The third-order valence-electron chi connectivity index (χ3n) is 4.16. The van der Waals surface area contributed by atoms with Gasteiger partial charge in [-0.05, 0) is 13.8 Å². The number of esters is 1. The van der Waals surface area contributed by atoms with E-state index in [4.69, 9.17) is 9.47 Å². The molecule has 0 unspecified atom stereocenters. The van der Waals surface area contributed by atoms with Gasteiger partial charge in [-0.3, -0.25) is 14.5 Å². The number of ether oxygens (including phenoxy) is 2. The van der Waals surface area contributed by atoms with Crippen LogP contribution in [0.3, 0.4) is 0 Å². The van der Waals surface area contributed by atoms with Crippen molar-refractivity contribution in [1.82, 2.24) is 4.90 Å². The van der Waals surface area contributed by atoms with E-state index in [1.54, 1.807) is 6.92 Å². The van der Waals surface area contributed by atoms with Crippen LogP contribution in [0.4, 0.5) is 0 Å². The van der Waals surface area contributed by atoms with Crippen LogP contribution >= 0.6 is 0 Å². The van der Waals surface area contributed by atoms with Crippen LogP contribution in [0.2, 0.25) is 0 Å². The number of aliphatic hydroxyl groups is 1. The molecular formula is C15H21NO6. The van der Waals surface area contributed by atoms with Gasteiger partial charge in [0, 0.05) is 5.41 Å². The number of nitrogens with zero attached hydrogens (tertiary/aromatic N) is 1. The van der Waals surface area contributed by atoms with Crippen molar-refractivity contribution in [2.24, 2.45) is 5.41 Å². The zero-order chi connectivity index (χ0) is 17.0. The van der Waals surface area contributed by atoms with Crippen LogP contribution in [0, 0.1) is 5.41 Å². The Morgan fingerprint density at radius 2 is 1.91 bits per heavy atom. The molecule has 0 aromatic carbocycles. The third kappa shape index (κ3) is 1.81. The van der Waals surface area contributed by atoms with Gasteiger partial charge in [0.2, 0.25) is 5.54 Å². The first-order valence-corrected chi connectivity index (χ1v) is 7.03. The summed E-state index contributed by atoms with van der Waals surface area (Å²) >= 11 is 0. The molecule has 22 heavy (non-hydrogen) atoms. The Kier molecular flexibility index (Phi) is 3.60. The summed E-state index contributed by atoms with van der Waals surface area (Å²) in [5.74, 6) is -2.72. The molecule has 1 fully saturated rings. The number of hydrogen-bond donors (Lipinski definition) is 1. The number of amides is 1. The van der Waals surface area contributed by atoms with Gasteiger partial charge in [0.25, 0.3) is 5.91 Å². The highest BCUT2D eigenvalue weighted by Gasteiger charge is 2.70. The fourth-order valence-corrected chi connectivity index (χ4v) is 3.14. The van der Waals surface area contributed by atoms with Crippen molar-refractivity contribution in [3.8, 4) is 0 Å². The van der Waals surface area contributed by atoms with Crippen molar-refractivity contribution in [3.05, 3.63) is 11.3 Å². The lowest BCUT2D eigenvalue weighted by Gasteiger charge is -2.36. The summed E-state index contributed by atoms with van der Waals surface area (Å²) in [6, 6.07) is 0. The Hall–Kier alpha value is -1.89. The van der Waals surface area contributed by atoms with E-state index >= 15 is 0 Å². The van der Waals surface area contributed by atoms with Crippen LogP contribution in [-0.2, 0) is 23.9 Å². The molecule has 0 saturated carbocycles. The van der Waals surface area contributed by atoms with Gasteiger partial charge in [-0.15, -0.1) is 0 Å². The average molecular weight is 311 g/mol. The highest BCUT2D eigenvalue weighted by Crippen LogP contribution is 2.49. The number of carbonyl (C=O) groups excluding carboxylic acids is 3. The van der Waals surface area contributed by atoms with Gasteiger partial charge in [0.1, 0.15) is 17.6 Å². The summed E-state index contributed by atoms with van der Waals surface area (Å²) in [5, 5.41) is 10.5. The predicted molar refractivity (Wildman–Crippen MR) is 75.7 cm³/mol. The Morgan fingerprint density at radius 1 is 1.36 bits per heavy atom. The number of ketones is 1. The summed E-state index contributed by atoms with van der Waals surface area (Å²) in [7, 11) is 1.16. The molecule has 7 heteroatoms. The minimum atomic E-state index is -1.80. The Morgan fingerprint density at radius 3 is 2.32 bits per heavy atom. The maximum atomic E-state index is 12.7. The normalized spacial score (nSPS) is 31.5. The minimum Gasteiger partial charge on any atom is -0.508 e. The van der Waals surface area contributed by atoms with E-state index in [2.05, 4.69) is 0 Å². The van der Waals surface area contributed by atoms with E-state index in [1.807, 2.05) is 20.8 Å². The molecule has 1 saturated heterocycles. The van der Waals surface area contributed by atoms with E-state index in [0.29, 0.717) is 0 Å². The lowest BCUT2D eigenvalue weighted by atomic mass is 9.89. The van der Waals surface area contributed by atoms with Crippen molar-refractivity contribution < 1.29 is 29.0 Å². The van der Waals surface area contributed by atoms with Crippen molar-refractivity contribution in [3.63, 3.8) is 0 Å². The number of hydrogen-bond acceptors (Lipinski definition) is 6. The maximum absolute atomic E-state index is 12.7. The summed E-state index contributed by atoms with van der Waals surface area (Å²) < 4.78 is 10.6. The van der Waals surface area contributed by atoms with E-state index < -0.39 is 46.7 Å². The number of methoxy groups -OCH3 is 1. The van der Waals surface area contributed by atoms with Gasteiger partial charge in [0.15, 0.2) is 5.78 Å². The summed E-state index contributed by atoms with van der Waals surface area (Å²) in [4.78, 5) is 38.0. The molecule has 0 aromatic rings. The Balaban J connectivity index is 2.73. The molecule has 0 bridgehead atoms. The second kappa shape index (κ2) is 4.81. The highest BCUT2D eigenvalue weighted by molar-refractivity contribution is 6.23. The molecule has 2 aliphatic rings. The average Bonchev–Trinajstić information content (AvgIpc) is 2.82. The number of carbonyl (C=O) groups is 3. The molecule has 0 radical (unpaired) electrons. The number of fused-ring (bicyclic) bond motifs is 1. The molecule has 1 amide bonds. The first-order chi connectivity index (χ1) is 10.0. The lowest BCUT2D eigenvalue weighted by molar-refractivity contribution is -0.158. The van der Waals surface area contributed by atoms with Gasteiger partial charge in [-0.25, -0.2) is 4.79 Å². The molecule has 1 N–H and O–H groups in total. The highest BCUT2D eigenvalue weighted by atomic mass is 16.6. The van der Waals surface area contributed by atoms with Crippen LogP contribution in [-0.4, -0.2) is 52.6 Å². The van der Waals surface area contributed by atoms with E-state index in [-0.39, 0.29) is 5.57 Å². The summed E-state index contributed by atoms with van der Waals surface area (Å²) in [6.45, 7) is 8.27. The topological polar surface area (TPSA) is 93.1 Å². The van der Waals surface area contributed by atoms with Crippen LogP contribution in [0.15, 0.2) is 11.3 Å². The molecule has 0 aromatic heterocycles. The second-order valence-corrected chi connectivity index (χ2v) is 6.71. The van der Waals surface area contributed by atoms with Gasteiger partial charge in [-0.2, -0.15) is 0 Å². The Labute approximate surface area is 128 Å². The van der Waals surface area contributed by atoms with E-state index in [1.165, 1.54) is 6.92 Å². The first kappa shape index (κ1) is 16.5. The lowest BCUT2D eigenvalue weighted by Crippen LogP contribution is -2.58. The first-order valence-electron chi connectivity index (χ1n) is 7.03. The summed E-state index contributed by atoms with van der Waals surface area (Å²) in [5.41, 5.74) is -2.70. The van der Waals surface area contributed by atoms with Gasteiger partial charge in [0.05, 0.1) is 13.2 Å². The zero-order valence-electron chi connectivity index (χ0n) is 13.6. The van der Waals surface area contributed by atoms with Gasteiger partial charge in [-0.1, -0.05) is 20.8 Å². The largest absolute Gasteiger partial charge is 0.508 e. The zero-order valence-corrected chi connectivity index (χ0v) is 13.6. The molecule has 0 spiro atoms. The van der Waals surface area contributed by atoms with E-state index in [9.17, 15) is 19.5 Å². The van der Waals surface area contributed by atoms with Gasteiger partial charge < -0.3 is 14.6 Å². The Bertz CT molecular complexity index is 587. The van der Waals surface area contributed by atoms with Crippen LogP contribution in [0.5, 0.6) is 0 Å². The van der Waals surface area contributed by atoms with Gasteiger partial charge >= 0.3 is 5.97 Å². The van der Waals surface area contributed by atoms with Crippen LogP contribution in [0.25, 0.3) is 0 Å². The smallest absolute Gasteiger partial charge is 0.342 e. The predicted octanol–water partition coefficient (Wildman–Crippen LogP) is 0.932. The van der Waals surface area contributed by atoms with Crippen LogP contribution in [0.1, 0.15) is 34.6 Å². The molecule has 122 valence electrons. The summed E-state index contributed by atoms with van der Waals surface area (Å²) in [6.07, 6.45) is -1.61. The minimum absolute atomic E-state index is 0.380. The van der Waals surface area contributed by atoms with Crippen molar-refractivity contribution >= 4 is 17.7 Å². The number of aliphatic hydroxyl groups excluding tert-OH is 1. The molecular weight excluding hydrogens is 290 g/mol. The quantitative estimate of drug-likeness (QED) is 0.602. The molecule has 7 nitrogen and oxygen atoms in total. The van der Waals surface area contributed by atoms with Crippen molar-refractivity contribution in [1.29, 1.82) is 0 Å². The van der Waals surface area contributed by atoms with Crippen molar-refractivity contribution in [2.75, 3.05) is 7.11 Å². The monoisotopic (exact) mass is 311 g/mol.